The molecule has 1 atom stereocenters. The van der Waals surface area contributed by atoms with E-state index < -0.39 is 6.10 Å². The second-order valence-corrected chi connectivity index (χ2v) is 21.0. The van der Waals surface area contributed by atoms with Crippen LogP contribution in [-0.2, 0) is 28.6 Å². The van der Waals surface area contributed by atoms with Crippen molar-refractivity contribution in [3.63, 3.8) is 0 Å². The van der Waals surface area contributed by atoms with Gasteiger partial charge in [0, 0.05) is 19.3 Å². The molecule has 0 aliphatic rings. The van der Waals surface area contributed by atoms with E-state index in [-0.39, 0.29) is 37.5 Å². The monoisotopic (exact) mass is 1020 g/mol. The number of rotatable bonds is 57. The van der Waals surface area contributed by atoms with Crippen LogP contribution in [0.4, 0.5) is 0 Å². The predicted molar refractivity (Wildman–Crippen MR) is 316 cm³/mol. The third kappa shape index (κ3) is 59.6. The summed E-state index contributed by atoms with van der Waals surface area (Å²) in [4.78, 5) is 38.3. The van der Waals surface area contributed by atoms with Gasteiger partial charge in [-0.2, -0.15) is 0 Å². The number of allylic oxidation sites excluding steroid dienone is 12. The SMILES string of the molecule is CCCCC/C=C\C/C=C\C/C=C\C/C=C\CCCC(=O)OC[C@H](COC(=O)CCCCCCCCC/C=C\C/C=C\CCCCC)OC(=O)CCCCCCCCCCCCCCCCCCCCCCC. The van der Waals surface area contributed by atoms with E-state index in [1.807, 2.05) is 0 Å². The molecule has 0 heterocycles. The van der Waals surface area contributed by atoms with Gasteiger partial charge in [-0.25, -0.2) is 0 Å². The van der Waals surface area contributed by atoms with Crippen LogP contribution >= 0.6 is 0 Å². The summed E-state index contributed by atoms with van der Waals surface area (Å²) < 4.78 is 16.9. The van der Waals surface area contributed by atoms with Crippen LogP contribution in [0.5, 0.6) is 0 Å². The molecule has 422 valence electrons. The van der Waals surface area contributed by atoms with Gasteiger partial charge in [0.15, 0.2) is 6.10 Å². The molecule has 0 aliphatic carbocycles. The predicted octanol–water partition coefficient (Wildman–Crippen LogP) is 21.3. The van der Waals surface area contributed by atoms with Crippen molar-refractivity contribution in [3.05, 3.63) is 72.9 Å². The Bertz CT molecular complexity index is 1360. The molecule has 0 unspecified atom stereocenters. The topological polar surface area (TPSA) is 78.9 Å². The van der Waals surface area contributed by atoms with E-state index in [1.54, 1.807) is 0 Å². The number of hydrogen-bond donors (Lipinski definition) is 0. The van der Waals surface area contributed by atoms with Gasteiger partial charge in [-0.15, -0.1) is 0 Å². The first-order valence-corrected chi connectivity index (χ1v) is 31.4. The van der Waals surface area contributed by atoms with Crippen molar-refractivity contribution in [2.24, 2.45) is 0 Å². The van der Waals surface area contributed by atoms with Crippen LogP contribution in [0.1, 0.15) is 316 Å². The van der Waals surface area contributed by atoms with Crippen molar-refractivity contribution in [2.75, 3.05) is 13.2 Å². The van der Waals surface area contributed by atoms with Gasteiger partial charge in [-0.3, -0.25) is 14.4 Å². The Morgan fingerprint density at radius 3 is 0.849 bits per heavy atom. The Balaban J connectivity index is 4.42. The van der Waals surface area contributed by atoms with Gasteiger partial charge in [0.05, 0.1) is 0 Å². The van der Waals surface area contributed by atoms with Crippen LogP contribution in [0.25, 0.3) is 0 Å². The van der Waals surface area contributed by atoms with Crippen molar-refractivity contribution in [3.8, 4) is 0 Å². The van der Waals surface area contributed by atoms with E-state index in [0.717, 1.165) is 77.0 Å². The summed E-state index contributed by atoms with van der Waals surface area (Å²) in [7, 11) is 0. The first-order chi connectivity index (χ1) is 36.0. The third-order valence-corrected chi connectivity index (χ3v) is 13.7. The molecular weight excluding hydrogens is 901 g/mol. The minimum Gasteiger partial charge on any atom is -0.462 e. The summed E-state index contributed by atoms with van der Waals surface area (Å²) in [5.74, 6) is -0.944. The van der Waals surface area contributed by atoms with Crippen molar-refractivity contribution >= 4 is 17.9 Å². The molecule has 0 rings (SSSR count). The smallest absolute Gasteiger partial charge is 0.306 e. The van der Waals surface area contributed by atoms with Crippen LogP contribution in [-0.4, -0.2) is 37.2 Å². The number of hydrogen-bond acceptors (Lipinski definition) is 6. The molecule has 6 nitrogen and oxygen atoms in total. The molecule has 0 aliphatic heterocycles. The number of esters is 3. The molecular formula is C67H118O6. The summed E-state index contributed by atoms with van der Waals surface area (Å²) in [5.41, 5.74) is 0. The van der Waals surface area contributed by atoms with Gasteiger partial charge in [-0.1, -0.05) is 280 Å². The molecule has 6 heteroatoms. The molecule has 0 bridgehead atoms. The highest BCUT2D eigenvalue weighted by molar-refractivity contribution is 5.71. The zero-order valence-electron chi connectivity index (χ0n) is 48.4. The van der Waals surface area contributed by atoms with Crippen LogP contribution < -0.4 is 0 Å². The Morgan fingerprint density at radius 1 is 0.274 bits per heavy atom. The van der Waals surface area contributed by atoms with E-state index in [4.69, 9.17) is 14.2 Å². The number of ether oxygens (including phenoxy) is 3. The zero-order valence-corrected chi connectivity index (χ0v) is 48.4. The van der Waals surface area contributed by atoms with E-state index in [9.17, 15) is 14.4 Å². The summed E-state index contributed by atoms with van der Waals surface area (Å²) in [6.45, 7) is 6.57. The lowest BCUT2D eigenvalue weighted by atomic mass is 10.0. The summed E-state index contributed by atoms with van der Waals surface area (Å²) in [6.07, 6.45) is 79.1. The van der Waals surface area contributed by atoms with Gasteiger partial charge in [0.1, 0.15) is 13.2 Å². The molecule has 0 amide bonds. The number of carbonyl (C=O) groups excluding carboxylic acids is 3. The van der Waals surface area contributed by atoms with Crippen molar-refractivity contribution in [1.29, 1.82) is 0 Å². The molecule has 0 aromatic rings. The summed E-state index contributed by atoms with van der Waals surface area (Å²) in [5, 5.41) is 0. The lowest BCUT2D eigenvalue weighted by molar-refractivity contribution is -0.167. The molecule has 0 spiro atoms. The molecule has 0 aromatic heterocycles. The van der Waals surface area contributed by atoms with E-state index in [1.165, 1.54) is 193 Å². The fourth-order valence-electron chi connectivity index (χ4n) is 8.94. The second kappa shape index (κ2) is 61.4. The summed E-state index contributed by atoms with van der Waals surface area (Å²) in [6, 6.07) is 0. The fraction of sp³-hybridized carbons (Fsp3) is 0.776. The maximum atomic E-state index is 12.9. The molecule has 0 fully saturated rings. The lowest BCUT2D eigenvalue weighted by Crippen LogP contribution is -2.30. The molecule has 73 heavy (non-hydrogen) atoms. The van der Waals surface area contributed by atoms with Crippen LogP contribution in [0.15, 0.2) is 72.9 Å². The quantitative estimate of drug-likeness (QED) is 0.0261. The highest BCUT2D eigenvalue weighted by Crippen LogP contribution is 2.17. The van der Waals surface area contributed by atoms with Gasteiger partial charge < -0.3 is 14.2 Å². The van der Waals surface area contributed by atoms with Gasteiger partial charge in [-0.05, 0) is 89.9 Å². The zero-order chi connectivity index (χ0) is 52.9. The molecule has 0 aromatic carbocycles. The van der Waals surface area contributed by atoms with Crippen LogP contribution in [0.2, 0.25) is 0 Å². The highest BCUT2D eigenvalue weighted by Gasteiger charge is 2.19. The van der Waals surface area contributed by atoms with Crippen molar-refractivity contribution < 1.29 is 28.6 Å². The normalized spacial score (nSPS) is 12.5. The first-order valence-electron chi connectivity index (χ1n) is 31.4. The van der Waals surface area contributed by atoms with Crippen LogP contribution in [0.3, 0.4) is 0 Å². The van der Waals surface area contributed by atoms with Gasteiger partial charge in [0.2, 0.25) is 0 Å². The van der Waals surface area contributed by atoms with Crippen molar-refractivity contribution in [2.45, 2.75) is 322 Å². The average molecular weight is 1020 g/mol. The maximum Gasteiger partial charge on any atom is 0.306 e. The molecule has 0 saturated heterocycles. The molecule has 0 N–H and O–H groups in total. The highest BCUT2D eigenvalue weighted by atomic mass is 16.6. The standard InChI is InChI=1S/C67H118O6/c1-4-7-10-13-16-19-22-25-28-31-32-33-34-37-40-43-46-49-52-55-58-61-67(70)73-64(62-71-65(68)59-56-53-50-47-44-41-38-35-29-26-23-20-17-14-11-8-5-2)63-72-66(69)60-57-54-51-48-45-42-39-36-30-27-24-21-18-15-12-9-6-3/h17-18,20-21,26-27,29-30,38,41,47,50,64H,4-16,19,22-25,28,31-37,39-40,42-46,48-49,51-63H2,1-3H3/b20-17-,21-18-,29-26-,30-27-,41-38-,50-47-/t64-/m1/s1. The Morgan fingerprint density at radius 2 is 0.507 bits per heavy atom. The maximum absolute atomic E-state index is 12.9. The second-order valence-electron chi connectivity index (χ2n) is 21.0. The Labute approximate surface area is 453 Å². The molecule has 0 saturated carbocycles. The first kappa shape index (κ1) is 69.8. The van der Waals surface area contributed by atoms with Gasteiger partial charge in [0.25, 0.3) is 0 Å². The minimum atomic E-state index is -0.800. The Hall–Kier alpha value is -3.15. The lowest BCUT2D eigenvalue weighted by Gasteiger charge is -2.18. The number of carbonyl (C=O) groups is 3. The number of unbranched alkanes of at least 4 members (excludes halogenated alkanes) is 34. The summed E-state index contributed by atoms with van der Waals surface area (Å²) >= 11 is 0. The largest absolute Gasteiger partial charge is 0.462 e. The third-order valence-electron chi connectivity index (χ3n) is 13.7. The van der Waals surface area contributed by atoms with E-state index >= 15 is 0 Å². The minimum absolute atomic E-state index is 0.0942. The molecule has 0 radical (unpaired) electrons. The van der Waals surface area contributed by atoms with Gasteiger partial charge >= 0.3 is 17.9 Å². The Kier molecular flexibility index (Phi) is 58.7. The average Bonchev–Trinajstić information content (AvgIpc) is 3.39. The fourth-order valence-corrected chi connectivity index (χ4v) is 8.94. The van der Waals surface area contributed by atoms with E-state index in [2.05, 4.69) is 93.7 Å². The van der Waals surface area contributed by atoms with E-state index in [0.29, 0.717) is 19.3 Å². The van der Waals surface area contributed by atoms with Crippen molar-refractivity contribution in [1.82, 2.24) is 0 Å². The van der Waals surface area contributed by atoms with Crippen LogP contribution in [0, 0.1) is 0 Å².